The van der Waals surface area contributed by atoms with Gasteiger partial charge in [-0.3, -0.25) is 4.90 Å². The van der Waals surface area contributed by atoms with Crippen molar-refractivity contribution in [1.82, 2.24) is 5.32 Å². The molecule has 3 rings (SSSR count). The summed E-state index contributed by atoms with van der Waals surface area (Å²) in [6, 6.07) is 6.75. The van der Waals surface area contributed by atoms with Crippen molar-refractivity contribution in [2.75, 3.05) is 24.6 Å². The Morgan fingerprint density at radius 1 is 1.44 bits per heavy atom. The van der Waals surface area contributed by atoms with Crippen molar-refractivity contribution in [3.8, 4) is 5.75 Å². The van der Waals surface area contributed by atoms with Gasteiger partial charge in [-0.05, 0) is 31.5 Å². The molecule has 1 aromatic carbocycles. The molecule has 1 amide bonds. The molecule has 5 heteroatoms. The fourth-order valence-electron chi connectivity index (χ4n) is 2.80. The number of benzene rings is 1. The molecule has 0 saturated carbocycles. The van der Waals surface area contributed by atoms with Crippen LogP contribution in [0.25, 0.3) is 0 Å². The number of carbonyl (C=O) groups is 1. The van der Waals surface area contributed by atoms with Crippen LogP contribution in [0.1, 0.15) is 12.8 Å². The van der Waals surface area contributed by atoms with Gasteiger partial charge in [0.2, 0.25) is 0 Å². The second kappa shape index (κ2) is 4.17. The summed E-state index contributed by atoms with van der Waals surface area (Å²) in [5, 5.41) is 12.9. The summed E-state index contributed by atoms with van der Waals surface area (Å²) in [5.41, 5.74) is 0.393. The van der Waals surface area contributed by atoms with E-state index in [0.29, 0.717) is 12.3 Å². The topological polar surface area (TPSA) is 61.8 Å². The van der Waals surface area contributed by atoms with Crippen LogP contribution in [0.15, 0.2) is 24.3 Å². The van der Waals surface area contributed by atoms with Crippen LogP contribution >= 0.6 is 0 Å². The van der Waals surface area contributed by atoms with Gasteiger partial charge in [0.25, 0.3) is 0 Å². The minimum absolute atomic E-state index is 0.158. The maximum absolute atomic E-state index is 12.0. The fraction of sp³-hybridized carbons (Fsp3) is 0.462. The van der Waals surface area contributed by atoms with Crippen LogP contribution in [0.3, 0.4) is 0 Å². The highest BCUT2D eigenvalue weighted by Gasteiger charge is 2.48. The summed E-state index contributed by atoms with van der Waals surface area (Å²) in [6.45, 7) is 2.12. The molecular formula is C13H16N2O3. The summed E-state index contributed by atoms with van der Waals surface area (Å²) >= 11 is 0. The lowest BCUT2D eigenvalue weighted by Gasteiger charge is -2.38. The van der Waals surface area contributed by atoms with Crippen molar-refractivity contribution in [3.05, 3.63) is 24.3 Å². The Morgan fingerprint density at radius 3 is 3.06 bits per heavy atom. The number of phenols is 1. The molecule has 2 fully saturated rings. The van der Waals surface area contributed by atoms with E-state index in [1.165, 1.54) is 0 Å². The van der Waals surface area contributed by atoms with E-state index in [9.17, 15) is 9.90 Å². The highest BCUT2D eigenvalue weighted by molar-refractivity contribution is 5.92. The van der Waals surface area contributed by atoms with E-state index >= 15 is 0 Å². The molecule has 0 aliphatic carbocycles. The molecule has 0 bridgehead atoms. The van der Waals surface area contributed by atoms with Crippen LogP contribution in [-0.2, 0) is 4.74 Å². The number of carbonyl (C=O) groups excluding carboxylic acids is 1. The van der Waals surface area contributed by atoms with Gasteiger partial charge >= 0.3 is 6.09 Å². The van der Waals surface area contributed by atoms with Crippen molar-refractivity contribution in [1.29, 1.82) is 0 Å². The van der Waals surface area contributed by atoms with Crippen molar-refractivity contribution >= 4 is 11.8 Å². The van der Waals surface area contributed by atoms with Crippen LogP contribution in [0.4, 0.5) is 10.5 Å². The molecule has 1 aromatic rings. The first kappa shape index (κ1) is 11.3. The number of phenolic OH excluding ortho intramolecular Hbond substituents is 1. The standard InChI is InChI=1S/C13H16N2O3/c16-11-4-1-3-10(7-11)15-12(17)18-9-13(15)5-2-6-14-8-13/h1,3-4,7,14,16H,2,5-6,8-9H2. The predicted molar refractivity (Wildman–Crippen MR) is 66.8 cm³/mol. The Bertz CT molecular complexity index is 469. The molecule has 1 atom stereocenters. The molecule has 2 aliphatic heterocycles. The van der Waals surface area contributed by atoms with Crippen molar-refractivity contribution in [2.24, 2.45) is 0 Å². The summed E-state index contributed by atoms with van der Waals surface area (Å²) in [5.74, 6) is 0.158. The van der Waals surface area contributed by atoms with E-state index in [1.54, 1.807) is 23.1 Å². The molecule has 1 unspecified atom stereocenters. The molecule has 18 heavy (non-hydrogen) atoms. The number of aromatic hydroxyl groups is 1. The number of cyclic esters (lactones) is 1. The molecule has 2 saturated heterocycles. The maximum Gasteiger partial charge on any atom is 0.415 e. The lowest BCUT2D eigenvalue weighted by Crippen LogP contribution is -2.57. The number of rotatable bonds is 1. The Hall–Kier alpha value is -1.75. The largest absolute Gasteiger partial charge is 0.508 e. The van der Waals surface area contributed by atoms with Crippen molar-refractivity contribution in [3.63, 3.8) is 0 Å². The third-order valence-electron chi connectivity index (χ3n) is 3.66. The Morgan fingerprint density at radius 2 is 2.33 bits per heavy atom. The summed E-state index contributed by atoms with van der Waals surface area (Å²) in [4.78, 5) is 13.6. The number of hydrogen-bond donors (Lipinski definition) is 2. The van der Waals surface area contributed by atoms with Crippen LogP contribution in [-0.4, -0.2) is 36.4 Å². The van der Waals surface area contributed by atoms with Gasteiger partial charge in [-0.25, -0.2) is 4.79 Å². The van der Waals surface area contributed by atoms with Gasteiger partial charge in [-0.1, -0.05) is 6.07 Å². The third-order valence-corrected chi connectivity index (χ3v) is 3.66. The summed E-state index contributed by atoms with van der Waals surface area (Å²) in [6.07, 6.45) is 1.61. The van der Waals surface area contributed by atoms with E-state index in [-0.39, 0.29) is 17.4 Å². The number of anilines is 1. The van der Waals surface area contributed by atoms with E-state index < -0.39 is 0 Å². The molecule has 1 spiro atoms. The lowest BCUT2D eigenvalue weighted by atomic mass is 9.89. The van der Waals surface area contributed by atoms with Crippen LogP contribution < -0.4 is 10.2 Å². The van der Waals surface area contributed by atoms with E-state index in [1.807, 2.05) is 6.07 Å². The number of piperidine rings is 1. The second-order valence-corrected chi connectivity index (χ2v) is 4.91. The Labute approximate surface area is 105 Å². The predicted octanol–water partition coefficient (Wildman–Crippen LogP) is 1.47. The minimum Gasteiger partial charge on any atom is -0.508 e. The zero-order chi connectivity index (χ0) is 12.6. The average Bonchev–Trinajstić information content (AvgIpc) is 2.67. The minimum atomic E-state index is -0.329. The Kier molecular flexibility index (Phi) is 2.63. The van der Waals surface area contributed by atoms with Crippen LogP contribution in [0.2, 0.25) is 0 Å². The van der Waals surface area contributed by atoms with Crippen molar-refractivity contribution < 1.29 is 14.6 Å². The van der Waals surface area contributed by atoms with Gasteiger partial charge in [0.05, 0.1) is 11.2 Å². The highest BCUT2D eigenvalue weighted by Crippen LogP contribution is 2.36. The van der Waals surface area contributed by atoms with E-state index in [4.69, 9.17) is 4.74 Å². The summed E-state index contributed by atoms with van der Waals surface area (Å²) in [7, 11) is 0. The monoisotopic (exact) mass is 248 g/mol. The van der Waals surface area contributed by atoms with Gasteiger partial charge < -0.3 is 15.2 Å². The average molecular weight is 248 g/mol. The zero-order valence-corrected chi connectivity index (χ0v) is 10.1. The number of ether oxygens (including phenoxy) is 1. The molecule has 2 aliphatic rings. The second-order valence-electron chi connectivity index (χ2n) is 4.91. The molecular weight excluding hydrogens is 232 g/mol. The molecule has 0 radical (unpaired) electrons. The molecule has 96 valence electrons. The number of amides is 1. The first-order valence-corrected chi connectivity index (χ1v) is 6.18. The highest BCUT2D eigenvalue weighted by atomic mass is 16.6. The zero-order valence-electron chi connectivity index (χ0n) is 10.1. The SMILES string of the molecule is O=C1OCC2(CCCNC2)N1c1cccc(O)c1. The van der Waals surface area contributed by atoms with Gasteiger partial charge in [0, 0.05) is 12.6 Å². The first-order valence-electron chi connectivity index (χ1n) is 6.18. The smallest absolute Gasteiger partial charge is 0.415 e. The van der Waals surface area contributed by atoms with Gasteiger partial charge in [0.15, 0.2) is 0 Å². The van der Waals surface area contributed by atoms with E-state index in [2.05, 4.69) is 5.32 Å². The molecule has 5 nitrogen and oxygen atoms in total. The lowest BCUT2D eigenvalue weighted by molar-refractivity contribution is 0.167. The first-order chi connectivity index (χ1) is 8.71. The molecule has 2 N–H and O–H groups in total. The van der Waals surface area contributed by atoms with Crippen LogP contribution in [0.5, 0.6) is 5.75 Å². The third kappa shape index (κ3) is 1.71. The number of nitrogens with one attached hydrogen (secondary N) is 1. The molecule has 0 aromatic heterocycles. The fourth-order valence-corrected chi connectivity index (χ4v) is 2.80. The van der Waals surface area contributed by atoms with E-state index in [0.717, 1.165) is 25.9 Å². The number of hydrogen-bond acceptors (Lipinski definition) is 4. The molecule has 2 heterocycles. The van der Waals surface area contributed by atoms with Crippen LogP contribution in [0, 0.1) is 0 Å². The Balaban J connectivity index is 1.99. The van der Waals surface area contributed by atoms with Crippen molar-refractivity contribution in [2.45, 2.75) is 18.4 Å². The quantitative estimate of drug-likeness (QED) is 0.790. The number of nitrogens with zero attached hydrogens (tertiary/aromatic N) is 1. The van der Waals surface area contributed by atoms with Gasteiger partial charge in [-0.15, -0.1) is 0 Å². The maximum atomic E-state index is 12.0. The van der Waals surface area contributed by atoms with Gasteiger partial charge in [0.1, 0.15) is 12.4 Å². The summed E-state index contributed by atoms with van der Waals surface area (Å²) < 4.78 is 5.22. The normalized spacial score (nSPS) is 27.6. The van der Waals surface area contributed by atoms with Gasteiger partial charge in [-0.2, -0.15) is 0 Å².